The number of anilines is 1. The van der Waals surface area contributed by atoms with Crippen LogP contribution < -0.4 is 4.31 Å². The van der Waals surface area contributed by atoms with Crippen LogP contribution in [-0.2, 0) is 16.6 Å². The molecule has 1 aromatic heterocycles. The van der Waals surface area contributed by atoms with Crippen LogP contribution in [0.3, 0.4) is 0 Å². The number of rotatable bonds is 3. The van der Waals surface area contributed by atoms with Crippen LogP contribution >= 0.6 is 0 Å². The molecule has 22 heavy (non-hydrogen) atoms. The molecule has 2 heterocycles. The number of benzene rings is 1. The second kappa shape index (κ2) is 5.21. The van der Waals surface area contributed by atoms with Gasteiger partial charge in [-0.15, -0.1) is 0 Å². The highest BCUT2D eigenvalue weighted by atomic mass is 32.2. The number of hydrogen-bond acceptors (Lipinski definition) is 3. The van der Waals surface area contributed by atoms with Crippen LogP contribution in [0.25, 0.3) is 10.9 Å². The van der Waals surface area contributed by atoms with Gasteiger partial charge in [0, 0.05) is 26.0 Å². The van der Waals surface area contributed by atoms with Gasteiger partial charge in [0.25, 0.3) is 0 Å². The maximum atomic E-state index is 12.4. The summed E-state index contributed by atoms with van der Waals surface area (Å²) in [7, 11) is -0.386. The van der Waals surface area contributed by atoms with Crippen molar-refractivity contribution >= 4 is 26.9 Å². The van der Waals surface area contributed by atoms with E-state index in [9.17, 15) is 8.42 Å². The maximum absolute atomic E-state index is 12.4. The van der Waals surface area contributed by atoms with E-state index in [-0.39, 0.29) is 0 Å². The molecule has 1 aliphatic heterocycles. The van der Waals surface area contributed by atoms with Crippen molar-refractivity contribution in [3.63, 3.8) is 0 Å². The van der Waals surface area contributed by atoms with Crippen molar-refractivity contribution < 1.29 is 8.42 Å². The molecule has 5 nitrogen and oxygen atoms in total. The Balaban J connectivity index is 2.13. The van der Waals surface area contributed by atoms with Gasteiger partial charge in [-0.2, -0.15) is 12.7 Å². The molecule has 3 rings (SSSR count). The summed E-state index contributed by atoms with van der Waals surface area (Å²) in [6.45, 7) is 4.77. The first-order valence-corrected chi connectivity index (χ1v) is 8.84. The molecule has 1 aliphatic rings. The van der Waals surface area contributed by atoms with Gasteiger partial charge >= 0.3 is 10.2 Å². The Hall–Kier alpha value is -1.66. The topological polar surface area (TPSA) is 53.5 Å². The Morgan fingerprint density at radius 2 is 1.95 bits per heavy atom. The summed E-state index contributed by atoms with van der Waals surface area (Å²) in [5.41, 5.74) is 3.10. The first-order valence-electron chi connectivity index (χ1n) is 7.44. The van der Waals surface area contributed by atoms with Crippen molar-refractivity contribution in [2.75, 3.05) is 24.9 Å². The van der Waals surface area contributed by atoms with Crippen LogP contribution in [0.4, 0.5) is 5.82 Å². The third kappa shape index (κ3) is 2.36. The molecule has 2 aromatic rings. The Labute approximate surface area is 131 Å². The molecule has 0 fully saturated rings. The zero-order chi connectivity index (χ0) is 16.1. The van der Waals surface area contributed by atoms with Crippen LogP contribution in [0, 0.1) is 0 Å². The van der Waals surface area contributed by atoms with Crippen molar-refractivity contribution in [3.8, 4) is 0 Å². The quantitative estimate of drug-likeness (QED) is 0.873. The van der Waals surface area contributed by atoms with Crippen LogP contribution in [0.5, 0.6) is 0 Å². The fourth-order valence-corrected chi connectivity index (χ4v) is 3.83. The fourth-order valence-electron chi connectivity index (χ4n) is 2.74. The lowest BCUT2D eigenvalue weighted by atomic mass is 10.0. The number of pyridine rings is 1. The highest BCUT2D eigenvalue weighted by Gasteiger charge is 2.32. The van der Waals surface area contributed by atoms with Gasteiger partial charge in [-0.05, 0) is 41.7 Å². The zero-order valence-corrected chi connectivity index (χ0v) is 14.2. The maximum Gasteiger partial charge on any atom is 0.304 e. The standard InChI is InChI=1S/C16H21N3O2S/c1-11(2)12-5-6-15-14(9-12)10-13-7-8-19(16(13)17-15)22(20,21)18(3)4/h5-6,9-11H,7-8H2,1-4H3. The highest BCUT2D eigenvalue weighted by molar-refractivity contribution is 7.90. The average Bonchev–Trinajstić information content (AvgIpc) is 2.87. The predicted molar refractivity (Wildman–Crippen MR) is 89.5 cm³/mol. The Morgan fingerprint density at radius 1 is 1.23 bits per heavy atom. The molecule has 0 unspecified atom stereocenters. The summed E-state index contributed by atoms with van der Waals surface area (Å²) in [6.07, 6.45) is 0.706. The van der Waals surface area contributed by atoms with Crippen LogP contribution in [0.1, 0.15) is 30.9 Å². The summed E-state index contributed by atoms with van der Waals surface area (Å²) in [5.74, 6) is 1.03. The van der Waals surface area contributed by atoms with Crippen LogP contribution in [-0.4, -0.2) is 38.3 Å². The van der Waals surface area contributed by atoms with Crippen LogP contribution in [0.15, 0.2) is 24.3 Å². The Morgan fingerprint density at radius 3 is 2.59 bits per heavy atom. The fraction of sp³-hybridized carbons (Fsp3) is 0.438. The van der Waals surface area contributed by atoms with Crippen molar-refractivity contribution in [1.29, 1.82) is 0 Å². The average molecular weight is 319 g/mol. The molecule has 118 valence electrons. The Kier molecular flexibility index (Phi) is 3.61. The number of nitrogens with zero attached hydrogens (tertiary/aromatic N) is 3. The molecule has 0 bridgehead atoms. The van der Waals surface area contributed by atoms with Gasteiger partial charge in [0.1, 0.15) is 5.82 Å². The van der Waals surface area contributed by atoms with Gasteiger partial charge < -0.3 is 0 Å². The van der Waals surface area contributed by atoms with E-state index in [0.29, 0.717) is 24.7 Å². The van der Waals surface area contributed by atoms with Gasteiger partial charge in [0.2, 0.25) is 0 Å². The lowest BCUT2D eigenvalue weighted by Crippen LogP contribution is -2.39. The molecule has 0 saturated heterocycles. The van der Waals surface area contributed by atoms with Crippen molar-refractivity contribution in [2.24, 2.45) is 0 Å². The van der Waals surface area contributed by atoms with E-state index < -0.39 is 10.2 Å². The second-order valence-corrected chi connectivity index (χ2v) is 8.26. The monoisotopic (exact) mass is 319 g/mol. The largest absolute Gasteiger partial charge is 0.304 e. The lowest BCUT2D eigenvalue weighted by molar-refractivity contribution is 0.516. The van der Waals surface area contributed by atoms with Gasteiger partial charge in [0.05, 0.1) is 5.52 Å². The minimum atomic E-state index is -3.48. The molecule has 0 atom stereocenters. The second-order valence-electron chi connectivity index (χ2n) is 6.19. The minimum Gasteiger partial charge on any atom is -0.240 e. The number of aromatic nitrogens is 1. The number of fused-ring (bicyclic) bond motifs is 2. The summed E-state index contributed by atoms with van der Waals surface area (Å²) < 4.78 is 27.4. The molecule has 0 saturated carbocycles. The van der Waals surface area contributed by atoms with Crippen molar-refractivity contribution in [2.45, 2.75) is 26.2 Å². The Bertz CT molecular complexity index is 829. The van der Waals surface area contributed by atoms with E-state index in [1.807, 2.05) is 6.07 Å². The van der Waals surface area contributed by atoms with Crippen molar-refractivity contribution in [3.05, 3.63) is 35.4 Å². The molecular formula is C16H21N3O2S. The van der Waals surface area contributed by atoms with E-state index in [0.717, 1.165) is 16.5 Å². The first kappa shape index (κ1) is 15.2. The summed E-state index contributed by atoms with van der Waals surface area (Å²) in [4.78, 5) is 4.61. The van der Waals surface area contributed by atoms with E-state index in [1.165, 1.54) is 14.2 Å². The first-order chi connectivity index (χ1) is 10.3. The van der Waals surface area contributed by atoms with Crippen molar-refractivity contribution in [1.82, 2.24) is 9.29 Å². The molecule has 0 radical (unpaired) electrons. The smallest absolute Gasteiger partial charge is 0.240 e. The van der Waals surface area contributed by atoms with E-state index in [4.69, 9.17) is 0 Å². The third-order valence-electron chi connectivity index (χ3n) is 4.12. The molecule has 0 amide bonds. The van der Waals surface area contributed by atoms with E-state index in [1.54, 1.807) is 14.1 Å². The summed E-state index contributed by atoms with van der Waals surface area (Å²) >= 11 is 0. The van der Waals surface area contributed by atoms with Gasteiger partial charge in [-0.25, -0.2) is 9.29 Å². The van der Waals surface area contributed by atoms with Gasteiger partial charge in [-0.3, -0.25) is 0 Å². The van der Waals surface area contributed by atoms with Gasteiger partial charge in [-0.1, -0.05) is 19.9 Å². The molecule has 0 aliphatic carbocycles. The molecular weight excluding hydrogens is 298 g/mol. The highest BCUT2D eigenvalue weighted by Crippen LogP contribution is 2.32. The predicted octanol–water partition coefficient (Wildman–Crippen LogP) is 2.53. The van der Waals surface area contributed by atoms with E-state index >= 15 is 0 Å². The molecule has 6 heteroatoms. The minimum absolute atomic E-state index is 0.455. The zero-order valence-electron chi connectivity index (χ0n) is 13.4. The number of hydrogen-bond donors (Lipinski definition) is 0. The molecule has 0 N–H and O–H groups in total. The van der Waals surface area contributed by atoms with E-state index in [2.05, 4.69) is 37.0 Å². The SMILES string of the molecule is CC(C)c1ccc2nc3c(cc2c1)CCN3S(=O)(=O)N(C)C. The third-order valence-corrected chi connectivity index (χ3v) is 5.96. The lowest BCUT2D eigenvalue weighted by Gasteiger charge is -2.22. The van der Waals surface area contributed by atoms with Gasteiger partial charge in [0.15, 0.2) is 0 Å². The summed E-state index contributed by atoms with van der Waals surface area (Å²) in [6, 6.07) is 8.26. The van der Waals surface area contributed by atoms with Crippen LogP contribution in [0.2, 0.25) is 0 Å². The molecule has 1 aromatic carbocycles. The normalized spacial score (nSPS) is 15.1. The summed E-state index contributed by atoms with van der Waals surface area (Å²) in [5, 5.41) is 1.08. The molecule has 0 spiro atoms.